The number of nitrogens with one attached hydrogen (secondary N) is 1. The number of ether oxygens (including phenoxy) is 2. The summed E-state index contributed by atoms with van der Waals surface area (Å²) in [6.07, 6.45) is 2.23. The number of anilines is 4. The van der Waals surface area contributed by atoms with Gasteiger partial charge in [-0.1, -0.05) is 6.07 Å². The Hall–Kier alpha value is -2.75. The van der Waals surface area contributed by atoms with Crippen molar-refractivity contribution in [3.05, 3.63) is 42.5 Å². The molecule has 2 aromatic carbocycles. The summed E-state index contributed by atoms with van der Waals surface area (Å²) in [5.41, 5.74) is 3.76. The van der Waals surface area contributed by atoms with E-state index < -0.39 is 5.92 Å². The van der Waals surface area contributed by atoms with Gasteiger partial charge in [-0.3, -0.25) is 9.59 Å². The van der Waals surface area contributed by atoms with Crippen LogP contribution in [0.3, 0.4) is 0 Å². The van der Waals surface area contributed by atoms with Crippen molar-refractivity contribution in [2.75, 3.05) is 85.4 Å². The molecule has 186 valence electrons. The molecule has 1 N–H and O–H groups in total. The van der Waals surface area contributed by atoms with Crippen LogP contribution >= 0.6 is 11.8 Å². The van der Waals surface area contributed by atoms with E-state index in [0.29, 0.717) is 19.8 Å². The lowest BCUT2D eigenvalue weighted by Crippen LogP contribution is -2.38. The predicted octanol–water partition coefficient (Wildman–Crippen LogP) is 3.07. The zero-order chi connectivity index (χ0) is 24.2. The van der Waals surface area contributed by atoms with Crippen molar-refractivity contribution in [3.63, 3.8) is 0 Å². The normalized spacial score (nSPS) is 20.9. The van der Waals surface area contributed by atoms with Crippen molar-refractivity contribution in [1.82, 2.24) is 0 Å². The van der Waals surface area contributed by atoms with E-state index >= 15 is 0 Å². The van der Waals surface area contributed by atoms with E-state index in [0.717, 1.165) is 67.0 Å². The third-order valence-corrected chi connectivity index (χ3v) is 7.55. The second-order valence-corrected chi connectivity index (χ2v) is 9.88. The van der Waals surface area contributed by atoms with Gasteiger partial charge in [0, 0.05) is 55.4 Å². The van der Waals surface area contributed by atoms with Crippen molar-refractivity contribution in [1.29, 1.82) is 0 Å². The Morgan fingerprint density at radius 1 is 0.943 bits per heavy atom. The molecule has 3 saturated heterocycles. The van der Waals surface area contributed by atoms with E-state index in [9.17, 15) is 9.59 Å². The Morgan fingerprint density at radius 2 is 1.66 bits per heavy atom. The summed E-state index contributed by atoms with van der Waals surface area (Å²) in [7, 11) is 0. The van der Waals surface area contributed by atoms with Gasteiger partial charge in [0.05, 0.1) is 43.7 Å². The van der Waals surface area contributed by atoms with Crippen LogP contribution in [0.15, 0.2) is 47.4 Å². The zero-order valence-corrected chi connectivity index (χ0v) is 20.9. The van der Waals surface area contributed by atoms with Gasteiger partial charge >= 0.3 is 0 Å². The number of benzene rings is 2. The highest BCUT2D eigenvalue weighted by Crippen LogP contribution is 2.34. The van der Waals surface area contributed by atoms with Crippen molar-refractivity contribution < 1.29 is 19.1 Å². The lowest BCUT2D eigenvalue weighted by atomic mass is 10.1. The lowest BCUT2D eigenvalue weighted by Gasteiger charge is -2.33. The SMILES string of the molecule is CSc1cccc(N2CC(C(=O)Nc3ccc(N4CCOCC4)cc3N3CCOCC3)CC2=O)c1. The van der Waals surface area contributed by atoms with Crippen LogP contribution in [0.2, 0.25) is 0 Å². The summed E-state index contributed by atoms with van der Waals surface area (Å²) in [6, 6.07) is 14.1. The van der Waals surface area contributed by atoms with Gasteiger partial charge in [-0.05, 0) is 42.7 Å². The molecule has 3 aliphatic rings. The molecule has 1 atom stereocenters. The number of nitrogens with zero attached hydrogens (tertiary/aromatic N) is 3. The predicted molar refractivity (Wildman–Crippen MR) is 140 cm³/mol. The van der Waals surface area contributed by atoms with Gasteiger partial charge in [-0.15, -0.1) is 11.8 Å². The zero-order valence-electron chi connectivity index (χ0n) is 20.1. The molecule has 9 heteroatoms. The summed E-state index contributed by atoms with van der Waals surface area (Å²) in [6.45, 7) is 6.41. The number of amides is 2. The van der Waals surface area contributed by atoms with E-state index in [1.165, 1.54) is 0 Å². The number of thioether (sulfide) groups is 1. The molecule has 1 unspecified atom stereocenters. The molecule has 3 aliphatic heterocycles. The van der Waals surface area contributed by atoms with Gasteiger partial charge in [0.25, 0.3) is 0 Å². The first-order chi connectivity index (χ1) is 17.1. The maximum atomic E-state index is 13.3. The second kappa shape index (κ2) is 10.9. The molecule has 2 amide bonds. The second-order valence-electron chi connectivity index (χ2n) is 9.00. The summed E-state index contributed by atoms with van der Waals surface area (Å²) in [5, 5.41) is 3.15. The first kappa shape index (κ1) is 24.0. The summed E-state index contributed by atoms with van der Waals surface area (Å²) in [4.78, 5) is 33.5. The highest BCUT2D eigenvalue weighted by atomic mass is 32.2. The smallest absolute Gasteiger partial charge is 0.229 e. The van der Waals surface area contributed by atoms with Crippen LogP contribution in [0, 0.1) is 5.92 Å². The lowest BCUT2D eigenvalue weighted by molar-refractivity contribution is -0.122. The van der Waals surface area contributed by atoms with Gasteiger partial charge in [-0.25, -0.2) is 0 Å². The molecule has 0 aromatic heterocycles. The Labute approximate surface area is 210 Å². The Kier molecular flexibility index (Phi) is 7.46. The van der Waals surface area contributed by atoms with Crippen LogP contribution in [-0.2, 0) is 19.1 Å². The molecule has 0 radical (unpaired) electrons. The molecular formula is C26H32N4O4S. The fraction of sp³-hybridized carbons (Fsp3) is 0.462. The number of carbonyl (C=O) groups is 2. The molecule has 5 rings (SSSR count). The standard InChI is InChI=1S/C26H32N4O4S/c1-35-22-4-2-3-21(16-22)30-18-19(15-25(30)31)26(32)27-23-6-5-20(28-7-11-33-12-8-28)17-24(23)29-9-13-34-14-10-29/h2-6,16-17,19H,7-15,18H2,1H3,(H,27,32). The number of morpholine rings is 2. The topological polar surface area (TPSA) is 74.3 Å². The highest BCUT2D eigenvalue weighted by molar-refractivity contribution is 7.98. The number of hydrogen-bond donors (Lipinski definition) is 1. The maximum absolute atomic E-state index is 13.3. The molecule has 0 aliphatic carbocycles. The molecule has 0 spiro atoms. The van der Waals surface area contributed by atoms with Crippen molar-refractivity contribution in [2.24, 2.45) is 5.92 Å². The molecule has 3 heterocycles. The van der Waals surface area contributed by atoms with Gasteiger partial charge in [0.15, 0.2) is 0 Å². The first-order valence-corrected chi connectivity index (χ1v) is 13.4. The maximum Gasteiger partial charge on any atom is 0.229 e. The molecule has 35 heavy (non-hydrogen) atoms. The van der Waals surface area contributed by atoms with Crippen LogP contribution in [-0.4, -0.2) is 77.2 Å². The first-order valence-electron chi connectivity index (χ1n) is 12.2. The minimum atomic E-state index is -0.392. The summed E-state index contributed by atoms with van der Waals surface area (Å²) < 4.78 is 11.1. The largest absolute Gasteiger partial charge is 0.378 e. The quantitative estimate of drug-likeness (QED) is 0.616. The summed E-state index contributed by atoms with van der Waals surface area (Å²) in [5.74, 6) is -0.521. The van der Waals surface area contributed by atoms with Crippen LogP contribution in [0.1, 0.15) is 6.42 Å². The van der Waals surface area contributed by atoms with E-state index in [2.05, 4.69) is 27.2 Å². The van der Waals surface area contributed by atoms with Crippen LogP contribution < -0.4 is 20.0 Å². The minimum Gasteiger partial charge on any atom is -0.378 e. The minimum absolute atomic E-state index is 0.0144. The van der Waals surface area contributed by atoms with Gasteiger partial charge < -0.3 is 29.5 Å². The van der Waals surface area contributed by atoms with Crippen molar-refractivity contribution in [2.45, 2.75) is 11.3 Å². The molecule has 0 saturated carbocycles. The Balaban J connectivity index is 1.33. The number of carbonyl (C=O) groups excluding carboxylic acids is 2. The van der Waals surface area contributed by atoms with E-state index in [-0.39, 0.29) is 18.2 Å². The molecular weight excluding hydrogens is 464 g/mol. The van der Waals surface area contributed by atoms with Crippen molar-refractivity contribution in [3.8, 4) is 0 Å². The number of rotatable bonds is 6. The van der Waals surface area contributed by atoms with Crippen LogP contribution in [0.4, 0.5) is 22.7 Å². The number of hydrogen-bond acceptors (Lipinski definition) is 7. The molecule has 2 aromatic rings. The van der Waals surface area contributed by atoms with Gasteiger partial charge in [0.2, 0.25) is 11.8 Å². The fourth-order valence-corrected chi connectivity index (χ4v) is 5.31. The van der Waals surface area contributed by atoms with E-state index in [1.807, 2.05) is 36.6 Å². The Morgan fingerprint density at radius 3 is 2.37 bits per heavy atom. The fourth-order valence-electron chi connectivity index (χ4n) is 4.86. The average Bonchev–Trinajstić information content (AvgIpc) is 3.31. The van der Waals surface area contributed by atoms with Gasteiger partial charge in [-0.2, -0.15) is 0 Å². The third-order valence-electron chi connectivity index (χ3n) is 6.83. The van der Waals surface area contributed by atoms with Crippen molar-refractivity contribution >= 4 is 46.3 Å². The molecule has 3 fully saturated rings. The monoisotopic (exact) mass is 496 g/mol. The van der Waals surface area contributed by atoms with Crippen LogP contribution in [0.25, 0.3) is 0 Å². The third kappa shape index (κ3) is 5.42. The Bertz CT molecular complexity index is 1070. The summed E-state index contributed by atoms with van der Waals surface area (Å²) >= 11 is 1.64. The van der Waals surface area contributed by atoms with E-state index in [1.54, 1.807) is 16.7 Å². The van der Waals surface area contributed by atoms with Crippen LogP contribution in [0.5, 0.6) is 0 Å². The molecule has 8 nitrogen and oxygen atoms in total. The van der Waals surface area contributed by atoms with E-state index in [4.69, 9.17) is 9.47 Å². The molecule has 0 bridgehead atoms. The van der Waals surface area contributed by atoms with Gasteiger partial charge in [0.1, 0.15) is 0 Å². The average molecular weight is 497 g/mol. The highest BCUT2D eigenvalue weighted by Gasteiger charge is 2.35.